The van der Waals surface area contributed by atoms with Crippen molar-refractivity contribution >= 4 is 5.97 Å². The van der Waals surface area contributed by atoms with Crippen LogP contribution in [0.5, 0.6) is 0 Å². The van der Waals surface area contributed by atoms with Gasteiger partial charge in [0.25, 0.3) is 0 Å². The van der Waals surface area contributed by atoms with Crippen LogP contribution in [0.1, 0.15) is 46.5 Å². The van der Waals surface area contributed by atoms with E-state index < -0.39 is 5.60 Å². The predicted octanol–water partition coefficient (Wildman–Crippen LogP) is 2.68. The molecule has 5 nitrogen and oxygen atoms in total. The molecule has 1 aliphatic rings. The zero-order chi connectivity index (χ0) is 13.1. The molecular formula is C12H19NO4. The van der Waals surface area contributed by atoms with Crippen molar-refractivity contribution in [1.82, 2.24) is 0 Å². The molecule has 0 bridgehead atoms. The van der Waals surface area contributed by atoms with Crippen molar-refractivity contribution in [3.05, 3.63) is 21.9 Å². The Morgan fingerprint density at radius 2 is 2.24 bits per heavy atom. The molecule has 17 heavy (non-hydrogen) atoms. The minimum atomic E-state index is -0.537. The normalized spacial score (nSPS) is 20.6. The third-order valence-corrected chi connectivity index (χ3v) is 2.57. The Morgan fingerprint density at radius 3 is 2.76 bits per heavy atom. The summed E-state index contributed by atoms with van der Waals surface area (Å²) in [6.45, 7) is 5.36. The minimum Gasteiger partial charge on any atom is -0.460 e. The zero-order valence-corrected chi connectivity index (χ0v) is 10.6. The summed E-state index contributed by atoms with van der Waals surface area (Å²) >= 11 is 0. The highest BCUT2D eigenvalue weighted by atomic mass is 16.6. The van der Waals surface area contributed by atoms with Gasteiger partial charge in [0.05, 0.1) is 17.3 Å². The molecule has 0 spiro atoms. The maximum atomic E-state index is 11.6. The summed E-state index contributed by atoms with van der Waals surface area (Å²) in [4.78, 5) is 22.1. The molecule has 96 valence electrons. The van der Waals surface area contributed by atoms with Crippen LogP contribution in [-0.4, -0.2) is 16.5 Å². The van der Waals surface area contributed by atoms with E-state index in [2.05, 4.69) is 0 Å². The molecule has 0 aromatic carbocycles. The molecule has 0 aliphatic heterocycles. The second-order valence-corrected chi connectivity index (χ2v) is 5.30. The van der Waals surface area contributed by atoms with Gasteiger partial charge in [-0.3, -0.25) is 14.9 Å². The number of nitro groups is 1. The van der Waals surface area contributed by atoms with Crippen molar-refractivity contribution in [1.29, 1.82) is 0 Å². The van der Waals surface area contributed by atoms with Gasteiger partial charge < -0.3 is 4.74 Å². The van der Waals surface area contributed by atoms with Crippen LogP contribution in [-0.2, 0) is 9.53 Å². The van der Waals surface area contributed by atoms with Gasteiger partial charge in [0.1, 0.15) is 5.60 Å². The number of allylic oxidation sites excluding steroid dienone is 2. The molecule has 0 N–H and O–H groups in total. The Balaban J connectivity index is 2.61. The van der Waals surface area contributed by atoms with Gasteiger partial charge in [-0.2, -0.15) is 0 Å². The Bertz CT molecular complexity index is 341. The van der Waals surface area contributed by atoms with E-state index in [9.17, 15) is 14.9 Å². The summed E-state index contributed by atoms with van der Waals surface area (Å²) in [5, 5.41) is 10.8. The SMILES string of the molecule is CC(C)(C)OC(=O)C[C@H]1CCCC=C1[N+](=O)[O-]. The van der Waals surface area contributed by atoms with E-state index in [1.165, 1.54) is 0 Å². The Hall–Kier alpha value is -1.39. The first-order chi connectivity index (χ1) is 7.79. The Morgan fingerprint density at radius 1 is 1.59 bits per heavy atom. The van der Waals surface area contributed by atoms with Crippen LogP contribution in [0, 0.1) is 16.0 Å². The van der Waals surface area contributed by atoms with Gasteiger partial charge in [-0.1, -0.05) is 0 Å². The number of rotatable bonds is 3. The maximum Gasteiger partial charge on any atom is 0.307 e. The second-order valence-electron chi connectivity index (χ2n) is 5.30. The average Bonchev–Trinajstić information content (AvgIpc) is 2.14. The Labute approximate surface area is 101 Å². The summed E-state index contributed by atoms with van der Waals surface area (Å²) in [7, 11) is 0. The molecule has 5 heteroatoms. The van der Waals surface area contributed by atoms with Crippen molar-refractivity contribution in [3.8, 4) is 0 Å². The van der Waals surface area contributed by atoms with Crippen LogP contribution in [0.4, 0.5) is 0 Å². The van der Waals surface area contributed by atoms with E-state index in [1.807, 2.05) is 0 Å². The number of esters is 1. The van der Waals surface area contributed by atoms with Gasteiger partial charge >= 0.3 is 5.97 Å². The van der Waals surface area contributed by atoms with Crippen LogP contribution in [0.25, 0.3) is 0 Å². The average molecular weight is 241 g/mol. The second kappa shape index (κ2) is 5.29. The first-order valence-electron chi connectivity index (χ1n) is 5.86. The molecule has 0 amide bonds. The quantitative estimate of drug-likeness (QED) is 0.432. The van der Waals surface area contributed by atoms with Crippen molar-refractivity contribution in [3.63, 3.8) is 0 Å². The third kappa shape index (κ3) is 4.54. The van der Waals surface area contributed by atoms with Crippen molar-refractivity contribution in [2.24, 2.45) is 5.92 Å². The number of nitrogens with zero attached hydrogens (tertiary/aromatic N) is 1. The van der Waals surface area contributed by atoms with Gasteiger partial charge in [0, 0.05) is 0 Å². The van der Waals surface area contributed by atoms with E-state index in [1.54, 1.807) is 26.8 Å². The van der Waals surface area contributed by atoms with E-state index in [-0.39, 0.29) is 28.9 Å². The van der Waals surface area contributed by atoms with E-state index in [0.29, 0.717) is 6.42 Å². The molecule has 0 saturated carbocycles. The molecule has 0 unspecified atom stereocenters. The predicted molar refractivity (Wildman–Crippen MR) is 62.9 cm³/mol. The summed E-state index contributed by atoms with van der Waals surface area (Å²) in [6, 6.07) is 0. The molecule has 1 rings (SSSR count). The summed E-state index contributed by atoms with van der Waals surface area (Å²) in [6.07, 6.45) is 4.03. The molecule has 0 aromatic rings. The van der Waals surface area contributed by atoms with Crippen LogP contribution in [0.2, 0.25) is 0 Å². The number of hydrogen-bond donors (Lipinski definition) is 0. The summed E-state index contributed by atoms with van der Waals surface area (Å²) in [5.74, 6) is -0.661. The fraction of sp³-hybridized carbons (Fsp3) is 0.750. The highest BCUT2D eigenvalue weighted by Gasteiger charge is 2.30. The number of carbonyl (C=O) groups is 1. The van der Waals surface area contributed by atoms with Gasteiger partial charge in [-0.05, 0) is 46.1 Å². The van der Waals surface area contributed by atoms with Gasteiger partial charge in [0.15, 0.2) is 0 Å². The largest absolute Gasteiger partial charge is 0.460 e. The highest BCUT2D eigenvalue weighted by Crippen LogP contribution is 2.28. The molecule has 0 fully saturated rings. The molecule has 1 aliphatic carbocycles. The maximum absolute atomic E-state index is 11.6. The van der Waals surface area contributed by atoms with E-state index >= 15 is 0 Å². The van der Waals surface area contributed by atoms with Gasteiger partial charge in [-0.25, -0.2) is 0 Å². The molecule has 0 heterocycles. The lowest BCUT2D eigenvalue weighted by Gasteiger charge is -2.22. The smallest absolute Gasteiger partial charge is 0.307 e. The van der Waals surface area contributed by atoms with Crippen molar-refractivity contribution in [2.75, 3.05) is 0 Å². The first-order valence-corrected chi connectivity index (χ1v) is 5.86. The standard InChI is InChI=1S/C12H19NO4/c1-12(2,3)17-11(14)8-9-6-4-5-7-10(9)13(15)16/h7,9H,4-6,8H2,1-3H3/t9-/m1/s1. The fourth-order valence-corrected chi connectivity index (χ4v) is 1.94. The zero-order valence-electron chi connectivity index (χ0n) is 10.6. The van der Waals surface area contributed by atoms with Crippen LogP contribution >= 0.6 is 0 Å². The Kier molecular flexibility index (Phi) is 4.26. The molecule has 1 atom stereocenters. The van der Waals surface area contributed by atoms with Crippen molar-refractivity contribution < 1.29 is 14.5 Å². The topological polar surface area (TPSA) is 69.4 Å². The summed E-state index contributed by atoms with van der Waals surface area (Å²) in [5.41, 5.74) is -0.369. The number of carbonyl (C=O) groups excluding carboxylic acids is 1. The first kappa shape index (κ1) is 13.7. The van der Waals surface area contributed by atoms with E-state index in [0.717, 1.165) is 12.8 Å². The number of hydrogen-bond acceptors (Lipinski definition) is 4. The van der Waals surface area contributed by atoms with Crippen LogP contribution in [0.3, 0.4) is 0 Å². The fourth-order valence-electron chi connectivity index (χ4n) is 1.94. The lowest BCUT2D eigenvalue weighted by Crippen LogP contribution is -2.27. The lowest BCUT2D eigenvalue weighted by molar-refractivity contribution is -0.435. The van der Waals surface area contributed by atoms with E-state index in [4.69, 9.17) is 4.74 Å². The third-order valence-electron chi connectivity index (χ3n) is 2.57. The van der Waals surface area contributed by atoms with Gasteiger partial charge in [-0.15, -0.1) is 0 Å². The molecule has 0 radical (unpaired) electrons. The van der Waals surface area contributed by atoms with Crippen LogP contribution < -0.4 is 0 Å². The van der Waals surface area contributed by atoms with Crippen molar-refractivity contribution in [2.45, 2.75) is 52.1 Å². The summed E-state index contributed by atoms with van der Waals surface area (Å²) < 4.78 is 5.18. The minimum absolute atomic E-state index is 0.101. The highest BCUT2D eigenvalue weighted by molar-refractivity contribution is 5.70. The molecular weight excluding hydrogens is 222 g/mol. The van der Waals surface area contributed by atoms with Gasteiger partial charge in [0.2, 0.25) is 5.70 Å². The monoisotopic (exact) mass is 241 g/mol. The lowest BCUT2D eigenvalue weighted by atomic mass is 9.90. The number of ether oxygens (including phenoxy) is 1. The van der Waals surface area contributed by atoms with Crippen LogP contribution in [0.15, 0.2) is 11.8 Å². The molecule has 0 saturated heterocycles. The molecule has 0 aromatic heterocycles.